The van der Waals surface area contributed by atoms with Crippen molar-refractivity contribution in [2.24, 2.45) is 0 Å². The first-order valence-corrected chi connectivity index (χ1v) is 10.9. The van der Waals surface area contributed by atoms with Crippen molar-refractivity contribution in [1.82, 2.24) is 20.1 Å². The predicted octanol–water partition coefficient (Wildman–Crippen LogP) is 4.23. The van der Waals surface area contributed by atoms with Crippen LogP contribution in [0.2, 0.25) is 0 Å². The Morgan fingerprint density at radius 2 is 1.97 bits per heavy atom. The average Bonchev–Trinajstić information content (AvgIpc) is 3.26. The van der Waals surface area contributed by atoms with Gasteiger partial charge in [-0.05, 0) is 67.6 Å². The van der Waals surface area contributed by atoms with E-state index in [9.17, 15) is 4.79 Å². The van der Waals surface area contributed by atoms with Crippen molar-refractivity contribution < 1.29 is 0 Å². The zero-order valence-electron chi connectivity index (χ0n) is 17.4. The van der Waals surface area contributed by atoms with Crippen LogP contribution in [0.25, 0.3) is 16.6 Å². The minimum absolute atomic E-state index is 0.0117. The number of rotatable bonds is 6. The van der Waals surface area contributed by atoms with Crippen molar-refractivity contribution in [2.75, 3.05) is 5.32 Å². The first-order chi connectivity index (χ1) is 15.2. The summed E-state index contributed by atoms with van der Waals surface area (Å²) in [6.07, 6.45) is 8.37. The fourth-order valence-electron chi connectivity index (χ4n) is 4.49. The Bertz CT molecular complexity index is 1230. The normalized spacial score (nSPS) is 18.8. The van der Waals surface area contributed by atoms with E-state index in [-0.39, 0.29) is 5.56 Å². The molecule has 2 heterocycles. The molecule has 1 aliphatic rings. The first-order valence-electron chi connectivity index (χ1n) is 10.9. The molecule has 6 heteroatoms. The first kappa shape index (κ1) is 19.6. The lowest BCUT2D eigenvalue weighted by Crippen LogP contribution is -2.38. The lowest BCUT2D eigenvalue weighted by molar-refractivity contribution is 0.350. The highest BCUT2D eigenvalue weighted by Gasteiger charge is 2.21. The molecule has 0 bridgehead atoms. The Morgan fingerprint density at radius 1 is 1.03 bits per heavy atom. The van der Waals surface area contributed by atoms with E-state index in [2.05, 4.69) is 51.2 Å². The number of aromatic amines is 1. The van der Waals surface area contributed by atoms with E-state index in [1.54, 1.807) is 16.7 Å². The van der Waals surface area contributed by atoms with Crippen LogP contribution < -0.4 is 16.2 Å². The summed E-state index contributed by atoms with van der Waals surface area (Å²) in [6.45, 7) is 0.799. The number of hydrogen-bond acceptors (Lipinski definition) is 4. The van der Waals surface area contributed by atoms with Crippen molar-refractivity contribution in [3.8, 4) is 5.69 Å². The molecular formula is C25H27N5O. The third kappa shape index (κ3) is 4.54. The van der Waals surface area contributed by atoms with Crippen LogP contribution in [0.15, 0.2) is 77.9 Å². The quantitative estimate of drug-likeness (QED) is 0.442. The van der Waals surface area contributed by atoms with Gasteiger partial charge in [0.25, 0.3) is 5.56 Å². The van der Waals surface area contributed by atoms with Crippen LogP contribution in [0.4, 0.5) is 5.69 Å². The maximum Gasteiger partial charge on any atom is 0.255 e. The maximum atomic E-state index is 12.1. The Hall–Kier alpha value is -3.38. The molecule has 0 spiro atoms. The van der Waals surface area contributed by atoms with E-state index in [0.29, 0.717) is 12.1 Å². The van der Waals surface area contributed by atoms with Gasteiger partial charge in [-0.1, -0.05) is 18.2 Å². The van der Waals surface area contributed by atoms with Crippen molar-refractivity contribution in [2.45, 2.75) is 44.3 Å². The van der Waals surface area contributed by atoms with E-state index >= 15 is 0 Å². The molecule has 1 aliphatic carbocycles. The van der Waals surface area contributed by atoms with Crippen LogP contribution in [0.1, 0.15) is 31.2 Å². The van der Waals surface area contributed by atoms with Gasteiger partial charge in [0, 0.05) is 47.7 Å². The van der Waals surface area contributed by atoms with Crippen LogP contribution in [0.3, 0.4) is 0 Å². The minimum atomic E-state index is -0.0117. The summed E-state index contributed by atoms with van der Waals surface area (Å²) < 4.78 is 1.68. The molecule has 0 aliphatic heterocycles. The third-order valence-electron chi connectivity index (χ3n) is 6.09. The molecule has 158 valence electrons. The lowest BCUT2D eigenvalue weighted by atomic mass is 9.90. The molecule has 5 rings (SSSR count). The summed E-state index contributed by atoms with van der Waals surface area (Å²) in [5.41, 5.74) is 4.30. The monoisotopic (exact) mass is 413 g/mol. The number of anilines is 1. The van der Waals surface area contributed by atoms with E-state index in [4.69, 9.17) is 0 Å². The van der Waals surface area contributed by atoms with Crippen molar-refractivity contribution in [3.05, 3.63) is 89.0 Å². The fraction of sp³-hybridized carbons (Fsp3) is 0.280. The van der Waals surface area contributed by atoms with Gasteiger partial charge < -0.3 is 10.6 Å². The lowest BCUT2D eigenvalue weighted by Gasteiger charge is -2.31. The van der Waals surface area contributed by atoms with Gasteiger partial charge in [-0.15, -0.1) is 0 Å². The van der Waals surface area contributed by atoms with Crippen molar-refractivity contribution >= 4 is 16.6 Å². The van der Waals surface area contributed by atoms with Crippen molar-refractivity contribution in [1.29, 1.82) is 0 Å². The second-order valence-electron chi connectivity index (χ2n) is 8.34. The number of benzene rings is 2. The van der Waals surface area contributed by atoms with Crippen LogP contribution >= 0.6 is 0 Å². The molecule has 0 radical (unpaired) electrons. The topological polar surface area (TPSA) is 74.7 Å². The molecule has 31 heavy (non-hydrogen) atoms. The van der Waals surface area contributed by atoms with Gasteiger partial charge in [0.1, 0.15) is 0 Å². The van der Waals surface area contributed by atoms with Gasteiger partial charge in [-0.25, -0.2) is 0 Å². The van der Waals surface area contributed by atoms with Gasteiger partial charge >= 0.3 is 0 Å². The number of pyridine rings is 1. The van der Waals surface area contributed by atoms with E-state index < -0.39 is 0 Å². The SMILES string of the molecule is O=c1ccccn1-c1cccc(CN[C@H]2CCC[C@@H](Nc3ccc4[nH]ncc4c3)C2)c1. The number of H-pyrrole nitrogens is 1. The van der Waals surface area contributed by atoms with Crippen LogP contribution in [0.5, 0.6) is 0 Å². The number of nitrogens with zero attached hydrogens (tertiary/aromatic N) is 2. The second kappa shape index (κ2) is 8.78. The van der Waals surface area contributed by atoms with Gasteiger partial charge in [0.2, 0.25) is 0 Å². The van der Waals surface area contributed by atoms with Gasteiger partial charge in [-0.3, -0.25) is 14.5 Å². The van der Waals surface area contributed by atoms with E-state index in [0.717, 1.165) is 35.2 Å². The molecule has 1 fully saturated rings. The number of hydrogen-bond donors (Lipinski definition) is 3. The summed E-state index contributed by atoms with van der Waals surface area (Å²) in [5, 5.41) is 15.7. The third-order valence-corrected chi connectivity index (χ3v) is 6.09. The number of fused-ring (bicyclic) bond motifs is 1. The maximum absolute atomic E-state index is 12.1. The Kier molecular flexibility index (Phi) is 5.54. The van der Waals surface area contributed by atoms with E-state index in [1.165, 1.54) is 24.8 Å². The zero-order valence-corrected chi connectivity index (χ0v) is 17.4. The molecule has 2 atom stereocenters. The minimum Gasteiger partial charge on any atom is -0.382 e. The van der Waals surface area contributed by atoms with E-state index in [1.807, 2.05) is 30.6 Å². The molecule has 2 aromatic heterocycles. The molecule has 4 aromatic rings. The van der Waals surface area contributed by atoms with Crippen LogP contribution in [0, 0.1) is 0 Å². The van der Waals surface area contributed by atoms with Crippen LogP contribution in [-0.2, 0) is 6.54 Å². The molecule has 0 saturated heterocycles. The molecule has 0 amide bonds. The summed E-state index contributed by atoms with van der Waals surface area (Å²) in [4.78, 5) is 12.1. The summed E-state index contributed by atoms with van der Waals surface area (Å²) in [7, 11) is 0. The Balaban J connectivity index is 1.20. The predicted molar refractivity (Wildman–Crippen MR) is 125 cm³/mol. The average molecular weight is 414 g/mol. The highest BCUT2D eigenvalue weighted by atomic mass is 16.1. The number of nitrogens with one attached hydrogen (secondary N) is 3. The number of aromatic nitrogens is 3. The molecule has 0 unspecified atom stereocenters. The molecule has 3 N–H and O–H groups in total. The largest absolute Gasteiger partial charge is 0.382 e. The second-order valence-corrected chi connectivity index (χ2v) is 8.34. The molecule has 1 saturated carbocycles. The Labute approximate surface area is 181 Å². The fourth-order valence-corrected chi connectivity index (χ4v) is 4.49. The van der Waals surface area contributed by atoms with Crippen molar-refractivity contribution in [3.63, 3.8) is 0 Å². The summed E-state index contributed by atoms with van der Waals surface area (Å²) in [6, 6.07) is 20.7. The highest BCUT2D eigenvalue weighted by molar-refractivity contribution is 5.81. The van der Waals surface area contributed by atoms with Gasteiger partial charge in [-0.2, -0.15) is 5.10 Å². The van der Waals surface area contributed by atoms with Crippen LogP contribution in [-0.4, -0.2) is 26.8 Å². The highest BCUT2D eigenvalue weighted by Crippen LogP contribution is 2.24. The van der Waals surface area contributed by atoms with Gasteiger partial charge in [0.05, 0.1) is 11.7 Å². The zero-order chi connectivity index (χ0) is 21.0. The van der Waals surface area contributed by atoms with Gasteiger partial charge in [0.15, 0.2) is 0 Å². The molecular weight excluding hydrogens is 386 g/mol. The smallest absolute Gasteiger partial charge is 0.255 e. The summed E-state index contributed by atoms with van der Waals surface area (Å²) >= 11 is 0. The molecule has 6 nitrogen and oxygen atoms in total. The molecule has 2 aromatic carbocycles. The summed E-state index contributed by atoms with van der Waals surface area (Å²) in [5.74, 6) is 0. The standard InChI is InChI=1S/C25H27N5O/c31-25-9-1-2-12-30(25)23-8-3-5-18(13-23)16-26-20-6-4-7-21(15-20)28-22-10-11-24-19(14-22)17-27-29-24/h1-3,5,8-14,17,20-21,26,28H,4,6-7,15-16H2,(H,27,29)/t20-,21+/m0/s1. The Morgan fingerprint density at radius 3 is 2.90 bits per heavy atom.